The van der Waals surface area contributed by atoms with Gasteiger partial charge in [-0.2, -0.15) is 0 Å². The summed E-state index contributed by atoms with van der Waals surface area (Å²) < 4.78 is 0. The zero-order chi connectivity index (χ0) is 14.1. The number of nitrogens with zero attached hydrogens (tertiary/aromatic N) is 2. The topological polar surface area (TPSA) is 25.2 Å². The molecule has 1 aromatic carbocycles. The van der Waals surface area contributed by atoms with E-state index >= 15 is 0 Å². The van der Waals surface area contributed by atoms with Crippen LogP contribution in [0.5, 0.6) is 0 Å². The highest BCUT2D eigenvalue weighted by Crippen LogP contribution is 2.30. The van der Waals surface area contributed by atoms with Crippen LogP contribution in [0.2, 0.25) is 0 Å². The molecule has 0 amide bonds. The summed E-state index contributed by atoms with van der Waals surface area (Å²) in [5.74, 6) is 0.477. The maximum absolute atomic E-state index is 4.62. The molecule has 2 heterocycles. The van der Waals surface area contributed by atoms with Gasteiger partial charge in [-0.05, 0) is 55.0 Å². The van der Waals surface area contributed by atoms with Crippen molar-refractivity contribution in [2.45, 2.75) is 39.5 Å². The van der Waals surface area contributed by atoms with Gasteiger partial charge in [0.1, 0.15) is 0 Å². The lowest BCUT2D eigenvalue weighted by Crippen LogP contribution is -2.01. The second kappa shape index (κ2) is 5.20. The van der Waals surface area contributed by atoms with Gasteiger partial charge in [-0.25, -0.2) is 0 Å². The minimum atomic E-state index is 0.477. The highest BCUT2D eigenvalue weighted by Gasteiger charge is 2.11. The van der Waals surface area contributed by atoms with Crippen molar-refractivity contribution in [1.82, 2.24) is 4.98 Å². The van der Waals surface area contributed by atoms with Crippen LogP contribution in [0.4, 0.5) is 5.69 Å². The summed E-state index contributed by atoms with van der Waals surface area (Å²) in [5.41, 5.74) is 7.27. The standard InChI is InChI=1S/C18H20N2/c1-12(2)17-8-7-16(11-19-17)14-6-9-18-15(10-14)5-4-13(3)20-18/h6-12H,4-5H2,1-3H3. The molecule has 2 nitrogen and oxygen atoms in total. The average Bonchev–Trinajstić information content (AvgIpc) is 2.47. The fourth-order valence-electron chi connectivity index (χ4n) is 2.57. The third-order valence-electron chi connectivity index (χ3n) is 3.86. The van der Waals surface area contributed by atoms with Crippen LogP contribution in [0.15, 0.2) is 41.5 Å². The Morgan fingerprint density at radius 2 is 1.80 bits per heavy atom. The van der Waals surface area contributed by atoms with Gasteiger partial charge in [0.2, 0.25) is 0 Å². The highest BCUT2D eigenvalue weighted by molar-refractivity contribution is 5.87. The first-order valence-electron chi connectivity index (χ1n) is 7.27. The van der Waals surface area contributed by atoms with Gasteiger partial charge in [0.25, 0.3) is 0 Å². The molecule has 1 aromatic heterocycles. The highest BCUT2D eigenvalue weighted by atomic mass is 14.8. The van der Waals surface area contributed by atoms with Crippen molar-refractivity contribution in [3.63, 3.8) is 0 Å². The Morgan fingerprint density at radius 3 is 2.50 bits per heavy atom. The quantitative estimate of drug-likeness (QED) is 0.756. The monoisotopic (exact) mass is 264 g/mol. The molecular weight excluding hydrogens is 244 g/mol. The van der Waals surface area contributed by atoms with Crippen molar-refractivity contribution >= 4 is 11.4 Å². The van der Waals surface area contributed by atoms with Crippen molar-refractivity contribution in [3.05, 3.63) is 47.8 Å². The second-order valence-corrected chi connectivity index (χ2v) is 5.82. The number of hydrogen-bond donors (Lipinski definition) is 0. The van der Waals surface area contributed by atoms with Gasteiger partial charge in [-0.1, -0.05) is 26.0 Å². The molecule has 2 heteroatoms. The molecule has 0 radical (unpaired) electrons. The predicted molar refractivity (Wildman–Crippen MR) is 84.9 cm³/mol. The summed E-state index contributed by atoms with van der Waals surface area (Å²) in [7, 11) is 0. The summed E-state index contributed by atoms with van der Waals surface area (Å²) in [6.45, 7) is 6.44. The van der Waals surface area contributed by atoms with Gasteiger partial charge >= 0.3 is 0 Å². The SMILES string of the molecule is CC1=Nc2ccc(-c3ccc(C(C)C)nc3)cc2CC1. The number of fused-ring (bicyclic) bond motifs is 1. The lowest BCUT2D eigenvalue weighted by Gasteiger charge is -2.14. The maximum Gasteiger partial charge on any atom is 0.0661 e. The first-order valence-corrected chi connectivity index (χ1v) is 7.27. The summed E-state index contributed by atoms with van der Waals surface area (Å²) in [4.78, 5) is 9.17. The van der Waals surface area contributed by atoms with E-state index in [4.69, 9.17) is 0 Å². The predicted octanol–water partition coefficient (Wildman–Crippen LogP) is 4.91. The molecule has 1 aliphatic rings. The molecule has 0 atom stereocenters. The number of hydrogen-bond acceptors (Lipinski definition) is 2. The zero-order valence-electron chi connectivity index (χ0n) is 12.4. The van der Waals surface area contributed by atoms with E-state index in [0.717, 1.165) is 24.2 Å². The minimum Gasteiger partial charge on any atom is -0.260 e. The molecule has 0 fully saturated rings. The lowest BCUT2D eigenvalue weighted by molar-refractivity contribution is 0.823. The van der Waals surface area contributed by atoms with Gasteiger partial charge in [-0.15, -0.1) is 0 Å². The molecule has 0 bridgehead atoms. The van der Waals surface area contributed by atoms with Crippen LogP contribution < -0.4 is 0 Å². The van der Waals surface area contributed by atoms with Crippen LogP contribution in [0, 0.1) is 0 Å². The third kappa shape index (κ3) is 2.51. The molecule has 0 unspecified atom stereocenters. The van der Waals surface area contributed by atoms with Crippen molar-refractivity contribution in [2.75, 3.05) is 0 Å². The summed E-state index contributed by atoms with van der Waals surface area (Å²) in [6, 6.07) is 10.8. The van der Waals surface area contributed by atoms with Crippen LogP contribution in [0.25, 0.3) is 11.1 Å². The number of aliphatic imine (C=N–C) groups is 1. The van der Waals surface area contributed by atoms with Crippen molar-refractivity contribution in [2.24, 2.45) is 4.99 Å². The first kappa shape index (κ1) is 13.0. The van der Waals surface area contributed by atoms with Gasteiger partial charge in [-0.3, -0.25) is 9.98 Å². The van der Waals surface area contributed by atoms with Gasteiger partial charge in [0.15, 0.2) is 0 Å². The molecule has 20 heavy (non-hydrogen) atoms. The molecule has 102 valence electrons. The number of rotatable bonds is 2. The average molecular weight is 264 g/mol. The van der Waals surface area contributed by atoms with E-state index in [9.17, 15) is 0 Å². The number of benzene rings is 1. The van der Waals surface area contributed by atoms with Gasteiger partial charge in [0, 0.05) is 23.2 Å². The molecule has 0 aliphatic carbocycles. The molecule has 0 spiro atoms. The van der Waals surface area contributed by atoms with Crippen LogP contribution in [-0.2, 0) is 6.42 Å². The number of pyridine rings is 1. The van der Waals surface area contributed by atoms with Crippen LogP contribution in [0.3, 0.4) is 0 Å². The van der Waals surface area contributed by atoms with Gasteiger partial charge in [0.05, 0.1) is 5.69 Å². The van der Waals surface area contributed by atoms with Crippen LogP contribution in [-0.4, -0.2) is 10.7 Å². The Balaban J connectivity index is 1.95. The van der Waals surface area contributed by atoms with E-state index in [2.05, 4.69) is 61.1 Å². The van der Waals surface area contributed by atoms with E-state index in [1.807, 2.05) is 6.20 Å². The summed E-state index contributed by atoms with van der Waals surface area (Å²) in [6.07, 6.45) is 4.14. The Bertz CT molecular complexity index is 652. The van der Waals surface area contributed by atoms with Crippen molar-refractivity contribution < 1.29 is 0 Å². The number of aryl methyl sites for hydroxylation is 1. The van der Waals surface area contributed by atoms with Crippen LogP contribution in [0.1, 0.15) is 44.4 Å². The minimum absolute atomic E-state index is 0.477. The maximum atomic E-state index is 4.62. The number of aromatic nitrogens is 1. The molecule has 2 aromatic rings. The summed E-state index contributed by atoms with van der Waals surface area (Å²) >= 11 is 0. The Kier molecular flexibility index (Phi) is 3.39. The third-order valence-corrected chi connectivity index (χ3v) is 3.86. The molecule has 0 saturated heterocycles. The first-order chi connectivity index (χ1) is 9.63. The molecule has 3 rings (SSSR count). The largest absolute Gasteiger partial charge is 0.260 e. The van der Waals surface area contributed by atoms with Crippen molar-refractivity contribution in [1.29, 1.82) is 0 Å². The van der Waals surface area contributed by atoms with Crippen molar-refractivity contribution in [3.8, 4) is 11.1 Å². The van der Waals surface area contributed by atoms with E-state index < -0.39 is 0 Å². The fraction of sp³-hybridized carbons (Fsp3) is 0.333. The molecule has 1 aliphatic heterocycles. The normalized spacial score (nSPS) is 14.1. The fourth-order valence-corrected chi connectivity index (χ4v) is 2.57. The van der Waals surface area contributed by atoms with E-state index in [1.54, 1.807) is 0 Å². The van der Waals surface area contributed by atoms with Crippen LogP contribution >= 0.6 is 0 Å². The molecule has 0 saturated carbocycles. The second-order valence-electron chi connectivity index (χ2n) is 5.82. The van der Waals surface area contributed by atoms with Gasteiger partial charge < -0.3 is 0 Å². The van der Waals surface area contributed by atoms with E-state index in [0.29, 0.717) is 5.92 Å². The smallest absolute Gasteiger partial charge is 0.0661 e. The zero-order valence-corrected chi connectivity index (χ0v) is 12.4. The Labute approximate surface area is 120 Å². The van der Waals surface area contributed by atoms with E-state index in [-0.39, 0.29) is 0 Å². The lowest BCUT2D eigenvalue weighted by atomic mass is 9.97. The molecule has 0 N–H and O–H groups in total. The summed E-state index contributed by atoms with van der Waals surface area (Å²) in [5, 5.41) is 0. The van der Waals surface area contributed by atoms with E-state index in [1.165, 1.54) is 22.4 Å². The Hall–Kier alpha value is -1.96. The Morgan fingerprint density at radius 1 is 1.00 bits per heavy atom. The molecular formula is C18H20N2.